The van der Waals surface area contributed by atoms with E-state index in [1.165, 1.54) is 6.92 Å². The van der Waals surface area contributed by atoms with Gasteiger partial charge in [0, 0.05) is 11.9 Å². The van der Waals surface area contributed by atoms with Crippen molar-refractivity contribution in [1.29, 1.82) is 0 Å². The molecule has 0 saturated heterocycles. The smallest absolute Gasteiger partial charge is 0.305 e. The first-order valence-corrected chi connectivity index (χ1v) is 10.4. The number of rotatable bonds is 4. The van der Waals surface area contributed by atoms with Crippen molar-refractivity contribution < 1.29 is 25.5 Å². The third-order valence-electron chi connectivity index (χ3n) is 5.05. The number of thiophene rings is 1. The van der Waals surface area contributed by atoms with E-state index in [-0.39, 0.29) is 21.1 Å². The second kappa shape index (κ2) is 8.82. The van der Waals surface area contributed by atoms with Gasteiger partial charge in [-0.15, -0.1) is 53.4 Å². The summed E-state index contributed by atoms with van der Waals surface area (Å²) in [5.41, 5.74) is 1.22. The van der Waals surface area contributed by atoms with E-state index in [0.717, 1.165) is 31.9 Å². The molecule has 1 unspecified atom stereocenters. The number of halogens is 1. The minimum absolute atomic E-state index is 0. The van der Waals surface area contributed by atoms with Gasteiger partial charge >= 0.3 is 21.1 Å². The monoisotopic (exact) mass is 603 g/mol. The SMILES string of the molecule is CC(F)(c1[c-]c(-c2ccccn2)ccc1)c1cccc(-c2[c-]c3ccccc3s2)n1.[Pt+2]. The molecule has 2 aromatic carbocycles. The van der Waals surface area contributed by atoms with Gasteiger partial charge in [-0.05, 0) is 34.3 Å². The molecule has 5 aromatic rings. The predicted octanol–water partition coefficient (Wildman–Crippen LogP) is 6.86. The number of fused-ring (bicyclic) bond motifs is 1. The molecule has 0 fully saturated rings. The molecule has 31 heavy (non-hydrogen) atoms. The molecule has 0 saturated carbocycles. The second-order valence-electron chi connectivity index (χ2n) is 7.16. The number of hydrogen-bond acceptors (Lipinski definition) is 3. The number of aromatic nitrogens is 2. The summed E-state index contributed by atoms with van der Waals surface area (Å²) in [5, 5.41) is 1.05. The third-order valence-corrected chi connectivity index (χ3v) is 6.14. The number of alkyl halides is 1. The van der Waals surface area contributed by atoms with Gasteiger partial charge in [-0.2, -0.15) is 0 Å². The Morgan fingerprint density at radius 2 is 1.61 bits per heavy atom. The van der Waals surface area contributed by atoms with Gasteiger partial charge in [-0.1, -0.05) is 42.0 Å². The van der Waals surface area contributed by atoms with Crippen LogP contribution in [0.5, 0.6) is 0 Å². The van der Waals surface area contributed by atoms with Crippen molar-refractivity contribution in [2.75, 3.05) is 0 Å². The largest absolute Gasteiger partial charge is 2.00 e. The maximum Gasteiger partial charge on any atom is 2.00 e. The van der Waals surface area contributed by atoms with Gasteiger partial charge in [0.15, 0.2) is 5.67 Å². The molecule has 0 N–H and O–H groups in total. The van der Waals surface area contributed by atoms with Crippen LogP contribution in [0.25, 0.3) is 31.9 Å². The molecular formula is C26H17FN2PtS. The van der Waals surface area contributed by atoms with Crippen LogP contribution in [0.4, 0.5) is 4.39 Å². The summed E-state index contributed by atoms with van der Waals surface area (Å²) in [7, 11) is 0. The minimum Gasteiger partial charge on any atom is -0.305 e. The van der Waals surface area contributed by atoms with Gasteiger partial charge in [0.05, 0.1) is 5.69 Å². The van der Waals surface area contributed by atoms with Crippen LogP contribution < -0.4 is 0 Å². The molecule has 1 atom stereocenters. The summed E-state index contributed by atoms with van der Waals surface area (Å²) in [6, 6.07) is 31.2. The topological polar surface area (TPSA) is 25.8 Å². The Bertz CT molecular complexity index is 1300. The number of pyridine rings is 2. The van der Waals surface area contributed by atoms with Crippen LogP contribution in [0, 0.1) is 12.1 Å². The molecule has 0 aliphatic heterocycles. The molecular weight excluding hydrogens is 586 g/mol. The van der Waals surface area contributed by atoms with Crippen LogP contribution in [0.1, 0.15) is 18.2 Å². The van der Waals surface area contributed by atoms with Crippen molar-refractivity contribution in [1.82, 2.24) is 9.97 Å². The number of nitrogens with zero attached hydrogens (tertiary/aromatic N) is 2. The fraction of sp³-hybridized carbons (Fsp3) is 0.0769. The average Bonchev–Trinajstić information content (AvgIpc) is 3.24. The van der Waals surface area contributed by atoms with Gasteiger partial charge in [0.1, 0.15) is 0 Å². The van der Waals surface area contributed by atoms with Crippen molar-refractivity contribution in [2.24, 2.45) is 0 Å². The molecule has 0 radical (unpaired) electrons. The first-order valence-electron chi connectivity index (χ1n) is 9.63. The maximum absolute atomic E-state index is 16.0. The van der Waals surface area contributed by atoms with E-state index in [9.17, 15) is 0 Å². The van der Waals surface area contributed by atoms with Gasteiger partial charge < -0.3 is 4.98 Å². The quantitative estimate of drug-likeness (QED) is 0.210. The van der Waals surface area contributed by atoms with E-state index in [1.807, 2.05) is 60.7 Å². The van der Waals surface area contributed by atoms with Crippen LogP contribution >= 0.6 is 11.3 Å². The Labute approximate surface area is 199 Å². The molecule has 5 rings (SSSR count). The molecule has 2 nitrogen and oxygen atoms in total. The van der Waals surface area contributed by atoms with Crippen LogP contribution in [0.3, 0.4) is 0 Å². The molecule has 0 aliphatic carbocycles. The maximum atomic E-state index is 16.0. The standard InChI is InChI=1S/C26H17FN2S.Pt/c1-26(27,20-10-6-9-18(16-20)21-11-4-5-15-28-21)25-14-7-12-22(29-25)24-17-19-8-2-3-13-23(19)30-24;/h2-15H,1H3;/q-2;+2. The van der Waals surface area contributed by atoms with Crippen LogP contribution in [-0.2, 0) is 26.7 Å². The van der Waals surface area contributed by atoms with Crippen molar-refractivity contribution in [2.45, 2.75) is 12.6 Å². The zero-order valence-electron chi connectivity index (χ0n) is 16.6. The molecule has 0 aliphatic rings. The summed E-state index contributed by atoms with van der Waals surface area (Å²) in [6.45, 7) is 1.53. The van der Waals surface area contributed by atoms with Crippen LogP contribution in [0.2, 0.25) is 0 Å². The summed E-state index contributed by atoms with van der Waals surface area (Å²) in [4.78, 5) is 9.91. The van der Waals surface area contributed by atoms with Gasteiger partial charge in [0.25, 0.3) is 0 Å². The fourth-order valence-electron chi connectivity index (χ4n) is 3.41. The molecule has 0 bridgehead atoms. The van der Waals surface area contributed by atoms with Gasteiger partial charge in [-0.25, -0.2) is 15.7 Å². The zero-order valence-corrected chi connectivity index (χ0v) is 19.7. The zero-order chi connectivity index (χ0) is 20.6. The fourth-order valence-corrected chi connectivity index (χ4v) is 4.38. The van der Waals surface area contributed by atoms with E-state index in [4.69, 9.17) is 0 Å². The van der Waals surface area contributed by atoms with Gasteiger partial charge in [0.2, 0.25) is 0 Å². The Morgan fingerprint density at radius 1 is 0.839 bits per heavy atom. The first kappa shape index (κ1) is 21.5. The van der Waals surface area contributed by atoms with E-state index in [2.05, 4.69) is 28.2 Å². The van der Waals surface area contributed by atoms with Crippen LogP contribution in [0.15, 0.2) is 85.1 Å². The summed E-state index contributed by atoms with van der Waals surface area (Å²) >= 11 is 1.61. The normalized spacial score (nSPS) is 12.8. The average molecular weight is 604 g/mol. The molecule has 0 amide bonds. The van der Waals surface area contributed by atoms with Gasteiger partial charge in [-0.3, -0.25) is 4.98 Å². The van der Waals surface area contributed by atoms with E-state index in [0.29, 0.717) is 11.3 Å². The summed E-state index contributed by atoms with van der Waals surface area (Å²) < 4.78 is 17.2. The third kappa shape index (κ3) is 4.23. The molecule has 3 aromatic heterocycles. The van der Waals surface area contributed by atoms with Crippen molar-refractivity contribution in [3.05, 3.63) is 108 Å². The Hall–Kier alpha value is -2.68. The van der Waals surface area contributed by atoms with Crippen molar-refractivity contribution in [3.8, 4) is 21.8 Å². The van der Waals surface area contributed by atoms with E-state index >= 15 is 4.39 Å². The van der Waals surface area contributed by atoms with Crippen molar-refractivity contribution in [3.63, 3.8) is 0 Å². The number of benzene rings is 2. The Morgan fingerprint density at radius 3 is 2.42 bits per heavy atom. The Kier molecular flexibility index (Phi) is 6.13. The van der Waals surface area contributed by atoms with Crippen LogP contribution in [-0.4, -0.2) is 9.97 Å². The predicted molar refractivity (Wildman–Crippen MR) is 120 cm³/mol. The first-order chi connectivity index (χ1) is 14.6. The summed E-state index contributed by atoms with van der Waals surface area (Å²) in [5.74, 6) is 0. The number of hydrogen-bond donors (Lipinski definition) is 0. The summed E-state index contributed by atoms with van der Waals surface area (Å²) in [6.07, 6.45) is 1.72. The van der Waals surface area contributed by atoms with E-state index < -0.39 is 5.67 Å². The minimum atomic E-state index is -1.79. The molecule has 5 heteroatoms. The van der Waals surface area contributed by atoms with E-state index in [1.54, 1.807) is 29.7 Å². The Balaban J connectivity index is 0.00000231. The molecule has 0 spiro atoms. The molecule has 3 heterocycles. The van der Waals surface area contributed by atoms with Crippen molar-refractivity contribution >= 4 is 21.4 Å². The molecule has 154 valence electrons. The second-order valence-corrected chi connectivity index (χ2v) is 8.21.